The van der Waals surface area contributed by atoms with Crippen LogP contribution in [0.2, 0.25) is 0 Å². The lowest BCUT2D eigenvalue weighted by Crippen LogP contribution is -2.51. The standard InChI is InChI=1S/C22H33N3O3/c1-17-6-3-4-8-20(17)22(27)24-13-9-19(10-14-24)25-12-5-7-18(16-25)21(26)23-11-15-28-2/h3-4,6,8,18-19H,5,7,9-16H2,1-2H3,(H,23,26)/t18-/m1/s1. The van der Waals surface area contributed by atoms with Crippen molar-refractivity contribution >= 4 is 11.8 Å². The van der Waals surface area contributed by atoms with Crippen LogP contribution < -0.4 is 5.32 Å². The molecule has 1 atom stereocenters. The topological polar surface area (TPSA) is 61.9 Å². The molecule has 1 N–H and O–H groups in total. The average molecular weight is 388 g/mol. The van der Waals surface area contributed by atoms with Crippen LogP contribution >= 0.6 is 0 Å². The first-order chi connectivity index (χ1) is 13.6. The number of rotatable bonds is 6. The van der Waals surface area contributed by atoms with E-state index in [0.717, 1.165) is 63.0 Å². The number of likely N-dealkylation sites (tertiary alicyclic amines) is 2. The SMILES string of the molecule is COCCNC(=O)[C@@H]1CCCN(C2CCN(C(=O)c3ccccc3C)CC2)C1. The number of aryl methyl sites for hydroxylation is 1. The number of piperidine rings is 2. The molecule has 3 rings (SSSR count). The monoisotopic (exact) mass is 387 g/mol. The van der Waals surface area contributed by atoms with Gasteiger partial charge in [-0.05, 0) is 50.8 Å². The fourth-order valence-electron chi connectivity index (χ4n) is 4.39. The van der Waals surface area contributed by atoms with Gasteiger partial charge in [0.15, 0.2) is 0 Å². The van der Waals surface area contributed by atoms with Crippen molar-refractivity contribution in [1.29, 1.82) is 0 Å². The van der Waals surface area contributed by atoms with Gasteiger partial charge in [0.05, 0.1) is 12.5 Å². The summed E-state index contributed by atoms with van der Waals surface area (Å²) < 4.78 is 5.01. The second-order valence-electron chi connectivity index (χ2n) is 7.96. The molecular weight excluding hydrogens is 354 g/mol. The van der Waals surface area contributed by atoms with Crippen molar-refractivity contribution in [3.05, 3.63) is 35.4 Å². The van der Waals surface area contributed by atoms with Crippen LogP contribution in [0.3, 0.4) is 0 Å². The fraction of sp³-hybridized carbons (Fsp3) is 0.636. The van der Waals surface area contributed by atoms with Crippen molar-refractivity contribution in [3.8, 4) is 0 Å². The minimum absolute atomic E-state index is 0.0669. The van der Waals surface area contributed by atoms with Crippen LogP contribution in [0, 0.1) is 12.8 Å². The largest absolute Gasteiger partial charge is 0.383 e. The lowest BCUT2D eigenvalue weighted by molar-refractivity contribution is -0.127. The van der Waals surface area contributed by atoms with Gasteiger partial charge in [-0.15, -0.1) is 0 Å². The van der Waals surface area contributed by atoms with Gasteiger partial charge < -0.3 is 15.0 Å². The summed E-state index contributed by atoms with van der Waals surface area (Å²) in [5.41, 5.74) is 1.85. The van der Waals surface area contributed by atoms with Crippen LogP contribution in [0.4, 0.5) is 0 Å². The summed E-state index contributed by atoms with van der Waals surface area (Å²) in [7, 11) is 1.64. The third kappa shape index (κ3) is 5.11. The summed E-state index contributed by atoms with van der Waals surface area (Å²) in [6, 6.07) is 8.28. The van der Waals surface area contributed by atoms with E-state index in [1.807, 2.05) is 36.1 Å². The van der Waals surface area contributed by atoms with E-state index >= 15 is 0 Å². The maximum atomic E-state index is 12.8. The summed E-state index contributed by atoms with van der Waals surface area (Å²) in [5.74, 6) is 0.358. The van der Waals surface area contributed by atoms with E-state index in [1.54, 1.807) is 7.11 Å². The molecule has 2 saturated heterocycles. The van der Waals surface area contributed by atoms with Gasteiger partial charge in [-0.2, -0.15) is 0 Å². The molecule has 2 fully saturated rings. The first kappa shape index (κ1) is 20.8. The lowest BCUT2D eigenvalue weighted by atomic mass is 9.93. The number of hydrogen-bond donors (Lipinski definition) is 1. The van der Waals surface area contributed by atoms with Crippen LogP contribution in [-0.2, 0) is 9.53 Å². The van der Waals surface area contributed by atoms with Gasteiger partial charge in [-0.25, -0.2) is 0 Å². The molecule has 6 nitrogen and oxygen atoms in total. The summed E-state index contributed by atoms with van der Waals surface area (Å²) in [6.45, 7) is 6.58. The number of amides is 2. The lowest BCUT2D eigenvalue weighted by Gasteiger charge is -2.42. The van der Waals surface area contributed by atoms with E-state index < -0.39 is 0 Å². The highest BCUT2D eigenvalue weighted by Crippen LogP contribution is 2.25. The Morgan fingerprint density at radius 1 is 1.14 bits per heavy atom. The number of benzene rings is 1. The van der Waals surface area contributed by atoms with Gasteiger partial charge in [0.2, 0.25) is 5.91 Å². The molecule has 1 aromatic carbocycles. The molecule has 0 bridgehead atoms. The van der Waals surface area contributed by atoms with Crippen LogP contribution in [-0.4, -0.2) is 74.1 Å². The van der Waals surface area contributed by atoms with Crippen LogP contribution in [0.15, 0.2) is 24.3 Å². The quantitative estimate of drug-likeness (QED) is 0.759. The van der Waals surface area contributed by atoms with Crippen LogP contribution in [0.25, 0.3) is 0 Å². The van der Waals surface area contributed by atoms with Crippen molar-refractivity contribution in [2.75, 3.05) is 46.4 Å². The van der Waals surface area contributed by atoms with Gasteiger partial charge in [-0.3, -0.25) is 14.5 Å². The first-order valence-electron chi connectivity index (χ1n) is 10.5. The Bertz CT molecular complexity index is 671. The highest BCUT2D eigenvalue weighted by atomic mass is 16.5. The number of nitrogens with zero attached hydrogens (tertiary/aromatic N) is 2. The molecule has 2 heterocycles. The van der Waals surface area contributed by atoms with E-state index in [0.29, 0.717) is 19.2 Å². The highest BCUT2D eigenvalue weighted by molar-refractivity contribution is 5.95. The number of nitrogens with one attached hydrogen (secondary N) is 1. The number of ether oxygens (including phenoxy) is 1. The summed E-state index contributed by atoms with van der Waals surface area (Å²) >= 11 is 0. The number of hydrogen-bond acceptors (Lipinski definition) is 4. The molecule has 0 spiro atoms. The Balaban J connectivity index is 1.49. The highest BCUT2D eigenvalue weighted by Gasteiger charge is 2.32. The van der Waals surface area contributed by atoms with Crippen molar-refractivity contribution in [3.63, 3.8) is 0 Å². The molecule has 0 saturated carbocycles. The third-order valence-electron chi connectivity index (χ3n) is 6.07. The number of methoxy groups -OCH3 is 1. The molecule has 0 aromatic heterocycles. The van der Waals surface area contributed by atoms with Gasteiger partial charge in [-0.1, -0.05) is 18.2 Å². The molecule has 0 unspecified atom stereocenters. The van der Waals surface area contributed by atoms with Gasteiger partial charge in [0, 0.05) is 44.9 Å². The Hall–Kier alpha value is -1.92. The van der Waals surface area contributed by atoms with E-state index in [1.165, 1.54) is 0 Å². The smallest absolute Gasteiger partial charge is 0.254 e. The molecule has 2 aliphatic heterocycles. The van der Waals surface area contributed by atoms with Crippen LogP contribution in [0.5, 0.6) is 0 Å². The van der Waals surface area contributed by atoms with E-state index in [-0.39, 0.29) is 17.7 Å². The summed E-state index contributed by atoms with van der Waals surface area (Å²) in [6.07, 6.45) is 3.98. The van der Waals surface area contributed by atoms with Gasteiger partial charge in [0.25, 0.3) is 5.91 Å². The third-order valence-corrected chi connectivity index (χ3v) is 6.07. The minimum atomic E-state index is 0.0669. The number of carbonyl (C=O) groups excluding carboxylic acids is 2. The summed E-state index contributed by atoms with van der Waals surface area (Å²) in [5, 5.41) is 2.98. The predicted octanol–water partition coefficient (Wildman–Crippen LogP) is 2.07. The van der Waals surface area contributed by atoms with Crippen molar-refractivity contribution in [2.45, 2.75) is 38.6 Å². The minimum Gasteiger partial charge on any atom is -0.383 e. The zero-order valence-corrected chi connectivity index (χ0v) is 17.2. The maximum absolute atomic E-state index is 12.8. The molecule has 2 amide bonds. The Morgan fingerprint density at radius 3 is 2.61 bits per heavy atom. The molecule has 1 aromatic rings. The van der Waals surface area contributed by atoms with Crippen LogP contribution in [0.1, 0.15) is 41.6 Å². The van der Waals surface area contributed by atoms with Crippen molar-refractivity contribution < 1.29 is 14.3 Å². The van der Waals surface area contributed by atoms with E-state index in [4.69, 9.17) is 4.74 Å². The fourth-order valence-corrected chi connectivity index (χ4v) is 4.39. The Morgan fingerprint density at radius 2 is 1.89 bits per heavy atom. The second-order valence-corrected chi connectivity index (χ2v) is 7.96. The predicted molar refractivity (Wildman–Crippen MR) is 109 cm³/mol. The molecule has 6 heteroatoms. The second kappa shape index (κ2) is 10.0. The van der Waals surface area contributed by atoms with Gasteiger partial charge >= 0.3 is 0 Å². The average Bonchev–Trinajstić information content (AvgIpc) is 2.74. The molecule has 2 aliphatic rings. The first-order valence-corrected chi connectivity index (χ1v) is 10.5. The van der Waals surface area contributed by atoms with Gasteiger partial charge in [0.1, 0.15) is 0 Å². The Kier molecular flexibility index (Phi) is 7.45. The molecule has 154 valence electrons. The summed E-state index contributed by atoms with van der Waals surface area (Å²) in [4.78, 5) is 29.7. The Labute approximate surface area is 168 Å². The maximum Gasteiger partial charge on any atom is 0.254 e. The van der Waals surface area contributed by atoms with Crippen molar-refractivity contribution in [2.24, 2.45) is 5.92 Å². The van der Waals surface area contributed by atoms with Crippen molar-refractivity contribution in [1.82, 2.24) is 15.1 Å². The molecule has 0 aliphatic carbocycles. The zero-order valence-electron chi connectivity index (χ0n) is 17.2. The molecule has 28 heavy (non-hydrogen) atoms. The molecular formula is C22H33N3O3. The number of carbonyl (C=O) groups is 2. The normalized spacial score (nSPS) is 21.5. The zero-order chi connectivity index (χ0) is 19.9. The molecule has 0 radical (unpaired) electrons. The van der Waals surface area contributed by atoms with E-state index in [9.17, 15) is 9.59 Å². The van der Waals surface area contributed by atoms with E-state index in [2.05, 4.69) is 10.2 Å².